The molecule has 4 aromatic heterocycles. The van der Waals surface area contributed by atoms with Crippen LogP contribution in [0.15, 0.2) is 40.7 Å². The molecule has 7 nitrogen and oxygen atoms in total. The molecule has 134 valence electrons. The van der Waals surface area contributed by atoms with E-state index in [4.69, 9.17) is 10.1 Å². The molecule has 5 rings (SSSR count). The van der Waals surface area contributed by atoms with Crippen molar-refractivity contribution in [3.8, 4) is 22.6 Å². The van der Waals surface area contributed by atoms with Crippen LogP contribution in [0.5, 0.6) is 0 Å². The Kier molecular flexibility index (Phi) is 3.73. The zero-order valence-corrected chi connectivity index (χ0v) is 16.5. The Morgan fingerprint density at radius 3 is 2.81 bits per heavy atom. The lowest BCUT2D eigenvalue weighted by molar-refractivity contribution is 0.736. The number of imidazole rings is 1. The summed E-state index contributed by atoms with van der Waals surface area (Å²) in [5, 5.41) is 13.0. The molecule has 0 aliphatic rings. The van der Waals surface area contributed by atoms with E-state index in [1.54, 1.807) is 27.8 Å². The number of benzene rings is 1. The number of aromatic nitrogens is 7. The summed E-state index contributed by atoms with van der Waals surface area (Å²) in [6.45, 7) is 1.99. The SMILES string of the molecule is CSc1nn2c(-c3ccc4nnn(C)c4c3)c(-c3cccc(C)n3)nc2s1. The Bertz CT molecular complexity index is 1300. The monoisotopic (exact) mass is 393 g/mol. The zero-order valence-electron chi connectivity index (χ0n) is 14.9. The Labute approximate surface area is 163 Å². The summed E-state index contributed by atoms with van der Waals surface area (Å²) in [6.07, 6.45) is 2.02. The molecule has 4 heterocycles. The van der Waals surface area contributed by atoms with E-state index in [1.807, 2.05) is 55.1 Å². The molecule has 0 aliphatic heterocycles. The van der Waals surface area contributed by atoms with Gasteiger partial charge in [-0.15, -0.1) is 10.2 Å². The van der Waals surface area contributed by atoms with Crippen LogP contribution in [-0.4, -0.2) is 40.8 Å². The van der Waals surface area contributed by atoms with Crippen molar-refractivity contribution in [3.05, 3.63) is 42.1 Å². The van der Waals surface area contributed by atoms with Crippen LogP contribution in [0, 0.1) is 6.92 Å². The van der Waals surface area contributed by atoms with Crippen LogP contribution in [0.2, 0.25) is 0 Å². The Morgan fingerprint density at radius 2 is 2.00 bits per heavy atom. The Balaban J connectivity index is 1.82. The van der Waals surface area contributed by atoms with Crippen LogP contribution in [-0.2, 0) is 7.05 Å². The maximum absolute atomic E-state index is 4.86. The summed E-state index contributed by atoms with van der Waals surface area (Å²) in [5.41, 5.74) is 6.40. The van der Waals surface area contributed by atoms with Gasteiger partial charge in [0, 0.05) is 18.3 Å². The van der Waals surface area contributed by atoms with E-state index in [0.29, 0.717) is 0 Å². The maximum Gasteiger partial charge on any atom is 0.214 e. The van der Waals surface area contributed by atoms with Crippen molar-refractivity contribution in [2.45, 2.75) is 11.3 Å². The summed E-state index contributed by atoms with van der Waals surface area (Å²) >= 11 is 3.20. The lowest BCUT2D eigenvalue weighted by atomic mass is 10.1. The number of hydrogen-bond donors (Lipinski definition) is 0. The molecule has 0 N–H and O–H groups in total. The van der Waals surface area contributed by atoms with Crippen LogP contribution in [0.25, 0.3) is 38.6 Å². The topological polar surface area (TPSA) is 73.8 Å². The molecule has 0 saturated carbocycles. The third-order valence-electron chi connectivity index (χ3n) is 4.37. The van der Waals surface area contributed by atoms with E-state index in [1.165, 1.54) is 0 Å². The van der Waals surface area contributed by atoms with Gasteiger partial charge in [-0.3, -0.25) is 4.98 Å². The smallest absolute Gasteiger partial charge is 0.214 e. The lowest BCUT2D eigenvalue weighted by Gasteiger charge is -2.05. The minimum atomic E-state index is 0.833. The van der Waals surface area contributed by atoms with Crippen molar-refractivity contribution >= 4 is 39.1 Å². The molecule has 0 atom stereocenters. The van der Waals surface area contributed by atoms with Crippen molar-refractivity contribution in [1.82, 2.24) is 34.6 Å². The van der Waals surface area contributed by atoms with Gasteiger partial charge >= 0.3 is 0 Å². The average Bonchev–Trinajstić information content (AvgIpc) is 3.34. The van der Waals surface area contributed by atoms with E-state index in [0.717, 1.165) is 48.7 Å². The number of pyridine rings is 1. The average molecular weight is 394 g/mol. The van der Waals surface area contributed by atoms with Crippen LogP contribution in [0.4, 0.5) is 0 Å². The van der Waals surface area contributed by atoms with Gasteiger partial charge in [0.2, 0.25) is 4.96 Å². The molecule has 0 radical (unpaired) electrons. The first-order chi connectivity index (χ1) is 13.1. The van der Waals surface area contributed by atoms with Gasteiger partial charge in [0.25, 0.3) is 0 Å². The lowest BCUT2D eigenvalue weighted by Crippen LogP contribution is -1.94. The third kappa shape index (κ3) is 2.62. The maximum atomic E-state index is 4.86. The van der Waals surface area contributed by atoms with E-state index >= 15 is 0 Å². The van der Waals surface area contributed by atoms with Gasteiger partial charge in [0.15, 0.2) is 4.34 Å². The minimum Gasteiger partial charge on any atom is -0.251 e. The molecule has 5 aromatic rings. The number of nitrogens with zero attached hydrogens (tertiary/aromatic N) is 7. The van der Waals surface area contributed by atoms with Crippen molar-refractivity contribution < 1.29 is 0 Å². The predicted molar refractivity (Wildman–Crippen MR) is 108 cm³/mol. The molecular formula is C18H15N7S2. The molecule has 0 bridgehead atoms. The quantitative estimate of drug-likeness (QED) is 0.434. The molecule has 0 amide bonds. The fraction of sp³-hybridized carbons (Fsp3) is 0.167. The largest absolute Gasteiger partial charge is 0.251 e. The second kappa shape index (κ2) is 6.14. The van der Waals surface area contributed by atoms with Crippen LogP contribution < -0.4 is 0 Å². The molecule has 0 fully saturated rings. The Hall–Kier alpha value is -2.78. The highest BCUT2D eigenvalue weighted by molar-refractivity contribution is 8.00. The zero-order chi connectivity index (χ0) is 18.5. The van der Waals surface area contributed by atoms with Gasteiger partial charge in [0.1, 0.15) is 16.9 Å². The molecule has 0 saturated heterocycles. The molecule has 27 heavy (non-hydrogen) atoms. The summed E-state index contributed by atoms with van der Waals surface area (Å²) < 4.78 is 4.67. The Morgan fingerprint density at radius 1 is 1.11 bits per heavy atom. The predicted octanol–water partition coefficient (Wildman–Crippen LogP) is 3.83. The first-order valence-corrected chi connectivity index (χ1v) is 10.4. The van der Waals surface area contributed by atoms with Gasteiger partial charge < -0.3 is 0 Å². The van der Waals surface area contributed by atoms with Crippen LogP contribution >= 0.6 is 23.1 Å². The number of fused-ring (bicyclic) bond motifs is 2. The number of thioether (sulfide) groups is 1. The van der Waals surface area contributed by atoms with Crippen molar-refractivity contribution in [2.24, 2.45) is 7.05 Å². The number of hydrogen-bond acceptors (Lipinski definition) is 7. The van der Waals surface area contributed by atoms with Gasteiger partial charge in [-0.05, 0) is 37.4 Å². The standard InChI is InChI=1S/C18H15N7S2/c1-10-5-4-6-13(19-10)15-16(25-17(20-15)27-18(22-25)26-3)11-7-8-12-14(9-11)24(2)23-21-12/h4-9H,1-3H3. The molecule has 1 aromatic carbocycles. The van der Waals surface area contributed by atoms with E-state index < -0.39 is 0 Å². The number of rotatable bonds is 3. The molecule has 9 heteroatoms. The van der Waals surface area contributed by atoms with E-state index in [9.17, 15) is 0 Å². The van der Waals surface area contributed by atoms with Crippen LogP contribution in [0.1, 0.15) is 5.69 Å². The van der Waals surface area contributed by atoms with Crippen molar-refractivity contribution in [2.75, 3.05) is 6.26 Å². The van der Waals surface area contributed by atoms with Gasteiger partial charge in [-0.2, -0.15) is 0 Å². The molecule has 0 spiro atoms. The summed E-state index contributed by atoms with van der Waals surface area (Å²) in [7, 11) is 1.89. The molecule has 0 aliphatic carbocycles. The second-order valence-corrected chi connectivity index (χ2v) is 8.17. The van der Waals surface area contributed by atoms with E-state index in [-0.39, 0.29) is 0 Å². The fourth-order valence-corrected chi connectivity index (χ4v) is 4.46. The minimum absolute atomic E-state index is 0.833. The fourth-order valence-electron chi connectivity index (χ4n) is 3.10. The second-order valence-electron chi connectivity index (χ2n) is 6.16. The van der Waals surface area contributed by atoms with Crippen LogP contribution in [0.3, 0.4) is 0 Å². The highest BCUT2D eigenvalue weighted by Gasteiger charge is 2.21. The summed E-state index contributed by atoms with van der Waals surface area (Å²) in [4.78, 5) is 10.4. The van der Waals surface area contributed by atoms with Crippen molar-refractivity contribution in [1.29, 1.82) is 0 Å². The first kappa shape index (κ1) is 16.4. The van der Waals surface area contributed by atoms with Gasteiger partial charge in [-0.1, -0.05) is 40.4 Å². The highest BCUT2D eigenvalue weighted by Crippen LogP contribution is 2.36. The van der Waals surface area contributed by atoms with Crippen molar-refractivity contribution in [3.63, 3.8) is 0 Å². The third-order valence-corrected chi connectivity index (χ3v) is 6.26. The summed E-state index contributed by atoms with van der Waals surface area (Å²) in [6, 6.07) is 12.1. The first-order valence-electron chi connectivity index (χ1n) is 8.31. The highest BCUT2D eigenvalue weighted by atomic mass is 32.2. The van der Waals surface area contributed by atoms with E-state index in [2.05, 4.69) is 21.4 Å². The molecular weight excluding hydrogens is 378 g/mol. The van der Waals surface area contributed by atoms with Gasteiger partial charge in [0.05, 0.1) is 11.2 Å². The normalized spacial score (nSPS) is 11.7. The molecule has 0 unspecified atom stereocenters. The summed E-state index contributed by atoms with van der Waals surface area (Å²) in [5.74, 6) is 0. The van der Waals surface area contributed by atoms with Gasteiger partial charge in [-0.25, -0.2) is 14.2 Å². The number of aryl methyl sites for hydroxylation is 2.